The van der Waals surface area contributed by atoms with E-state index < -0.39 is 0 Å². The number of aryl methyl sites for hydroxylation is 1. The summed E-state index contributed by atoms with van der Waals surface area (Å²) in [5, 5.41) is 0. The monoisotopic (exact) mass is 274 g/mol. The molecule has 2 nitrogen and oxygen atoms in total. The zero-order valence-electron chi connectivity index (χ0n) is 13.6. The van der Waals surface area contributed by atoms with Gasteiger partial charge in [0.25, 0.3) is 0 Å². The van der Waals surface area contributed by atoms with E-state index in [4.69, 9.17) is 5.73 Å². The van der Waals surface area contributed by atoms with Crippen molar-refractivity contribution in [1.82, 2.24) is 4.57 Å². The summed E-state index contributed by atoms with van der Waals surface area (Å²) in [5.74, 6) is 1.75. The normalized spacial score (nSPS) is 32.4. The van der Waals surface area contributed by atoms with Gasteiger partial charge in [-0.3, -0.25) is 0 Å². The second-order valence-electron chi connectivity index (χ2n) is 8.12. The number of hydrogen-bond acceptors (Lipinski definition) is 1. The summed E-state index contributed by atoms with van der Waals surface area (Å²) in [4.78, 5) is 0. The van der Waals surface area contributed by atoms with Crippen molar-refractivity contribution in [3.63, 3.8) is 0 Å². The van der Waals surface area contributed by atoms with Gasteiger partial charge < -0.3 is 10.3 Å². The van der Waals surface area contributed by atoms with E-state index in [1.807, 2.05) is 0 Å². The van der Waals surface area contributed by atoms with Gasteiger partial charge in [-0.25, -0.2) is 0 Å². The van der Waals surface area contributed by atoms with E-state index in [9.17, 15) is 0 Å². The van der Waals surface area contributed by atoms with Crippen LogP contribution in [0.2, 0.25) is 0 Å². The minimum Gasteiger partial charge on any atom is -0.348 e. The van der Waals surface area contributed by atoms with Crippen molar-refractivity contribution < 1.29 is 0 Å². The van der Waals surface area contributed by atoms with Gasteiger partial charge >= 0.3 is 0 Å². The molecule has 0 amide bonds. The van der Waals surface area contributed by atoms with Gasteiger partial charge in [0.1, 0.15) is 0 Å². The predicted octanol–water partition coefficient (Wildman–Crippen LogP) is 4.20. The number of hydrogen-bond donors (Lipinski definition) is 1. The first kappa shape index (κ1) is 14.2. The molecule has 2 heteroatoms. The molecule has 1 aromatic heterocycles. The van der Waals surface area contributed by atoms with Crippen LogP contribution in [0.4, 0.5) is 0 Å². The van der Waals surface area contributed by atoms with Gasteiger partial charge in [0.15, 0.2) is 0 Å². The fourth-order valence-corrected chi connectivity index (χ4v) is 4.49. The van der Waals surface area contributed by atoms with Crippen molar-refractivity contribution in [3.8, 4) is 0 Å². The van der Waals surface area contributed by atoms with Gasteiger partial charge in [-0.2, -0.15) is 0 Å². The van der Waals surface area contributed by atoms with Crippen LogP contribution in [0, 0.1) is 24.2 Å². The lowest BCUT2D eigenvalue weighted by atomic mass is 9.74. The summed E-state index contributed by atoms with van der Waals surface area (Å²) >= 11 is 0. The molecular weight excluding hydrogens is 244 g/mol. The fourth-order valence-electron chi connectivity index (χ4n) is 4.49. The third-order valence-electron chi connectivity index (χ3n) is 5.72. The zero-order chi connectivity index (χ0) is 14.5. The van der Waals surface area contributed by atoms with Crippen LogP contribution in [0.1, 0.15) is 69.4 Å². The molecule has 0 bridgehead atoms. The second-order valence-corrected chi connectivity index (χ2v) is 8.12. The third-order valence-corrected chi connectivity index (χ3v) is 5.72. The number of nitrogens with zero attached hydrogens (tertiary/aromatic N) is 1. The maximum absolute atomic E-state index is 6.43. The highest BCUT2D eigenvalue weighted by Gasteiger charge is 2.34. The lowest BCUT2D eigenvalue weighted by molar-refractivity contribution is 0.268. The van der Waals surface area contributed by atoms with Crippen LogP contribution in [-0.2, 0) is 13.0 Å². The first-order valence-electron chi connectivity index (χ1n) is 8.32. The maximum Gasteiger partial charge on any atom is 0.0318 e. The topological polar surface area (TPSA) is 30.9 Å². The van der Waals surface area contributed by atoms with Crippen LogP contribution in [-0.4, -0.2) is 4.57 Å². The minimum absolute atomic E-state index is 0.231. The van der Waals surface area contributed by atoms with Crippen LogP contribution in [0.5, 0.6) is 0 Å². The largest absolute Gasteiger partial charge is 0.348 e. The first-order valence-corrected chi connectivity index (χ1v) is 8.32. The Hall–Kier alpha value is -0.760. The van der Waals surface area contributed by atoms with Crippen molar-refractivity contribution in [2.45, 2.75) is 72.4 Å². The summed E-state index contributed by atoms with van der Waals surface area (Å²) in [6.45, 7) is 10.6. The molecule has 2 aliphatic rings. The highest BCUT2D eigenvalue weighted by Crippen LogP contribution is 2.42. The number of rotatable bonds is 2. The van der Waals surface area contributed by atoms with Gasteiger partial charge in [0.05, 0.1) is 0 Å². The molecule has 20 heavy (non-hydrogen) atoms. The second kappa shape index (κ2) is 4.91. The van der Waals surface area contributed by atoms with Crippen molar-refractivity contribution in [2.24, 2.45) is 23.0 Å². The van der Waals surface area contributed by atoms with E-state index in [0.717, 1.165) is 18.3 Å². The van der Waals surface area contributed by atoms with E-state index in [1.54, 1.807) is 0 Å². The quantitative estimate of drug-likeness (QED) is 0.860. The molecule has 0 spiro atoms. The zero-order valence-corrected chi connectivity index (χ0v) is 13.6. The van der Waals surface area contributed by atoms with Crippen LogP contribution < -0.4 is 5.73 Å². The average molecular weight is 274 g/mol. The molecular formula is C18H30N2. The number of nitrogens with two attached hydrogens (primary N) is 1. The molecule has 2 aliphatic carbocycles. The SMILES string of the molecule is Cc1cc2c(n1CC1CCCC1C)CC(C)(C)CC2N. The van der Waals surface area contributed by atoms with Gasteiger partial charge in [-0.05, 0) is 55.1 Å². The molecule has 1 heterocycles. The van der Waals surface area contributed by atoms with Gasteiger partial charge in [0.2, 0.25) is 0 Å². The Morgan fingerprint density at radius 1 is 1.35 bits per heavy atom. The Morgan fingerprint density at radius 2 is 2.10 bits per heavy atom. The summed E-state index contributed by atoms with van der Waals surface area (Å²) in [6, 6.07) is 2.59. The van der Waals surface area contributed by atoms with Crippen molar-refractivity contribution in [3.05, 3.63) is 23.0 Å². The molecule has 3 atom stereocenters. The van der Waals surface area contributed by atoms with Gasteiger partial charge in [-0.15, -0.1) is 0 Å². The van der Waals surface area contributed by atoms with Crippen LogP contribution in [0.15, 0.2) is 6.07 Å². The Kier molecular flexibility index (Phi) is 3.48. The molecule has 0 aromatic carbocycles. The van der Waals surface area contributed by atoms with Gasteiger partial charge in [-0.1, -0.05) is 33.6 Å². The predicted molar refractivity (Wildman–Crippen MR) is 84.7 cm³/mol. The van der Waals surface area contributed by atoms with E-state index in [-0.39, 0.29) is 6.04 Å². The number of fused-ring (bicyclic) bond motifs is 1. The Bertz CT molecular complexity index is 498. The van der Waals surface area contributed by atoms with Crippen LogP contribution in [0.3, 0.4) is 0 Å². The van der Waals surface area contributed by atoms with Crippen molar-refractivity contribution in [1.29, 1.82) is 0 Å². The van der Waals surface area contributed by atoms with E-state index in [2.05, 4.69) is 38.3 Å². The summed E-state index contributed by atoms with van der Waals surface area (Å²) in [5.41, 5.74) is 11.1. The molecule has 0 saturated heterocycles. The van der Waals surface area contributed by atoms with E-state index >= 15 is 0 Å². The standard InChI is InChI=1S/C18H30N2/c1-12-6-5-7-14(12)11-20-13(2)8-15-16(19)9-18(3,4)10-17(15)20/h8,12,14,16H,5-7,9-11,19H2,1-4H3. The molecule has 1 aromatic rings. The van der Waals surface area contributed by atoms with Gasteiger partial charge in [0, 0.05) is 24.0 Å². The van der Waals surface area contributed by atoms with Crippen molar-refractivity contribution >= 4 is 0 Å². The highest BCUT2D eigenvalue weighted by atomic mass is 15.0. The van der Waals surface area contributed by atoms with E-state index in [1.165, 1.54) is 49.2 Å². The molecule has 0 radical (unpaired) electrons. The van der Waals surface area contributed by atoms with E-state index in [0.29, 0.717) is 5.41 Å². The minimum atomic E-state index is 0.231. The fraction of sp³-hybridized carbons (Fsp3) is 0.778. The van der Waals surface area contributed by atoms with Crippen LogP contribution >= 0.6 is 0 Å². The number of aromatic nitrogens is 1. The molecule has 1 saturated carbocycles. The third kappa shape index (κ3) is 2.43. The Labute approximate surface area is 123 Å². The molecule has 3 rings (SSSR count). The lowest BCUT2D eigenvalue weighted by Gasteiger charge is -2.35. The summed E-state index contributed by atoms with van der Waals surface area (Å²) < 4.78 is 2.60. The summed E-state index contributed by atoms with van der Waals surface area (Å²) in [6.07, 6.45) is 6.54. The van der Waals surface area contributed by atoms with Crippen LogP contribution in [0.25, 0.3) is 0 Å². The molecule has 2 N–H and O–H groups in total. The summed E-state index contributed by atoms with van der Waals surface area (Å²) in [7, 11) is 0. The Balaban J connectivity index is 1.92. The average Bonchev–Trinajstić information content (AvgIpc) is 2.86. The lowest BCUT2D eigenvalue weighted by Crippen LogP contribution is -2.31. The molecule has 112 valence electrons. The molecule has 0 aliphatic heterocycles. The van der Waals surface area contributed by atoms with Crippen molar-refractivity contribution in [2.75, 3.05) is 0 Å². The highest BCUT2D eigenvalue weighted by molar-refractivity contribution is 5.34. The molecule has 3 unspecified atom stereocenters. The maximum atomic E-state index is 6.43. The Morgan fingerprint density at radius 3 is 2.75 bits per heavy atom. The molecule has 1 fully saturated rings. The smallest absolute Gasteiger partial charge is 0.0318 e. The first-order chi connectivity index (χ1) is 9.37.